The Labute approximate surface area is 161 Å². The van der Waals surface area contributed by atoms with Crippen molar-refractivity contribution < 1.29 is 13.2 Å². The van der Waals surface area contributed by atoms with Crippen LogP contribution < -0.4 is 4.90 Å². The van der Waals surface area contributed by atoms with Crippen molar-refractivity contribution in [2.24, 2.45) is 0 Å². The fraction of sp³-hybridized carbons (Fsp3) is 0.600. The van der Waals surface area contributed by atoms with Gasteiger partial charge in [-0.25, -0.2) is 18.4 Å². The lowest BCUT2D eigenvalue weighted by molar-refractivity contribution is 0.0925. The molecule has 0 amide bonds. The molecule has 2 aliphatic carbocycles. The summed E-state index contributed by atoms with van der Waals surface area (Å²) in [7, 11) is -3.23. The summed E-state index contributed by atoms with van der Waals surface area (Å²) < 4.78 is 29.8. The molecule has 1 aromatic heterocycles. The van der Waals surface area contributed by atoms with Crippen LogP contribution in [0.5, 0.6) is 0 Å². The van der Waals surface area contributed by atoms with E-state index in [0.29, 0.717) is 37.6 Å². The van der Waals surface area contributed by atoms with Crippen molar-refractivity contribution in [1.29, 1.82) is 0 Å². The summed E-state index contributed by atoms with van der Waals surface area (Å²) in [5.41, 5.74) is 1.63. The van der Waals surface area contributed by atoms with E-state index in [4.69, 9.17) is 14.7 Å². The molecule has 1 aliphatic heterocycles. The van der Waals surface area contributed by atoms with Gasteiger partial charge in [0.2, 0.25) is 0 Å². The molecule has 6 nitrogen and oxygen atoms in total. The highest BCUT2D eigenvalue weighted by atomic mass is 32.2. The average molecular weight is 390 g/mol. The number of hydrogen-bond donors (Lipinski definition) is 0. The van der Waals surface area contributed by atoms with Gasteiger partial charge in [-0.3, -0.25) is 0 Å². The predicted octanol–water partition coefficient (Wildman–Crippen LogP) is 2.86. The van der Waals surface area contributed by atoms with Crippen LogP contribution in [0.2, 0.25) is 0 Å². The minimum Gasteiger partial charge on any atom is -0.377 e. The SMILES string of the molecule is CC[C@H]1COCCN1c1cc(C2(S(C)(=O)=O)CC2)nc(C2=CCCC=C2)n1. The molecule has 7 heteroatoms. The summed E-state index contributed by atoms with van der Waals surface area (Å²) in [4.78, 5) is 11.8. The van der Waals surface area contributed by atoms with Gasteiger partial charge >= 0.3 is 0 Å². The third-order valence-electron chi connectivity index (χ3n) is 5.84. The van der Waals surface area contributed by atoms with Gasteiger partial charge in [-0.05, 0) is 32.1 Å². The summed E-state index contributed by atoms with van der Waals surface area (Å²) in [6.07, 6.45) is 11.8. The van der Waals surface area contributed by atoms with E-state index >= 15 is 0 Å². The van der Waals surface area contributed by atoms with Crippen molar-refractivity contribution in [3.8, 4) is 0 Å². The number of rotatable bonds is 5. The second-order valence-corrected chi connectivity index (χ2v) is 10.00. The highest BCUT2D eigenvalue weighted by Crippen LogP contribution is 2.52. The lowest BCUT2D eigenvalue weighted by Gasteiger charge is -2.36. The van der Waals surface area contributed by atoms with E-state index < -0.39 is 14.6 Å². The van der Waals surface area contributed by atoms with Gasteiger partial charge in [-0.15, -0.1) is 0 Å². The highest BCUT2D eigenvalue weighted by Gasteiger charge is 2.55. The summed E-state index contributed by atoms with van der Waals surface area (Å²) in [6, 6.07) is 2.15. The molecular formula is C20H27N3O3S. The first-order valence-corrected chi connectivity index (χ1v) is 11.6. The second kappa shape index (κ2) is 7.02. The number of allylic oxidation sites excluding steroid dienone is 4. The fourth-order valence-corrected chi connectivity index (χ4v) is 5.28. The van der Waals surface area contributed by atoms with Crippen molar-refractivity contribution in [2.75, 3.05) is 30.9 Å². The molecule has 146 valence electrons. The number of nitrogens with zero attached hydrogens (tertiary/aromatic N) is 3. The second-order valence-electron chi connectivity index (χ2n) is 7.67. The fourth-order valence-electron chi connectivity index (χ4n) is 3.95. The first-order chi connectivity index (χ1) is 12.9. The number of anilines is 1. The molecule has 0 bridgehead atoms. The van der Waals surface area contributed by atoms with Crippen molar-refractivity contribution in [3.63, 3.8) is 0 Å². The Hall–Kier alpha value is -1.73. The zero-order chi connectivity index (χ0) is 19.1. The summed E-state index contributed by atoms with van der Waals surface area (Å²) in [5.74, 6) is 1.45. The van der Waals surface area contributed by atoms with E-state index in [0.717, 1.165) is 37.2 Å². The van der Waals surface area contributed by atoms with E-state index in [9.17, 15) is 8.42 Å². The van der Waals surface area contributed by atoms with Crippen LogP contribution >= 0.6 is 0 Å². The van der Waals surface area contributed by atoms with E-state index in [-0.39, 0.29) is 6.04 Å². The predicted molar refractivity (Wildman–Crippen MR) is 106 cm³/mol. The molecular weight excluding hydrogens is 362 g/mol. The number of aromatic nitrogens is 2. The average Bonchev–Trinajstić information content (AvgIpc) is 3.50. The van der Waals surface area contributed by atoms with Crippen LogP contribution in [0.1, 0.15) is 50.5 Å². The molecule has 0 aromatic carbocycles. The molecule has 1 aromatic rings. The minimum absolute atomic E-state index is 0.249. The minimum atomic E-state index is -3.23. The number of ether oxygens (including phenoxy) is 1. The van der Waals surface area contributed by atoms with Crippen molar-refractivity contribution in [1.82, 2.24) is 9.97 Å². The van der Waals surface area contributed by atoms with Gasteiger partial charge in [0.25, 0.3) is 0 Å². The van der Waals surface area contributed by atoms with Gasteiger partial charge in [0.05, 0.1) is 24.9 Å². The van der Waals surface area contributed by atoms with Gasteiger partial charge in [-0.2, -0.15) is 0 Å². The standard InChI is InChI=1S/C20H27N3O3S/c1-3-16-14-26-12-11-23(16)18-13-17(20(9-10-20)27(2,24)25)21-19(22-18)15-7-5-4-6-8-15/h5,7-8,13,16H,3-4,6,9-12,14H2,1-2H3/t16-/m0/s1. The Balaban J connectivity index is 1.82. The smallest absolute Gasteiger partial charge is 0.161 e. The number of hydrogen-bond acceptors (Lipinski definition) is 6. The Morgan fingerprint density at radius 3 is 2.74 bits per heavy atom. The van der Waals surface area contributed by atoms with Crippen LogP contribution in [0.15, 0.2) is 24.3 Å². The Morgan fingerprint density at radius 1 is 1.30 bits per heavy atom. The lowest BCUT2D eigenvalue weighted by Crippen LogP contribution is -2.45. The molecule has 0 spiro atoms. The highest BCUT2D eigenvalue weighted by molar-refractivity contribution is 7.91. The normalized spacial score (nSPS) is 24.6. The Morgan fingerprint density at radius 2 is 2.11 bits per heavy atom. The topological polar surface area (TPSA) is 72.4 Å². The van der Waals surface area contributed by atoms with Crippen LogP contribution in [-0.2, 0) is 19.3 Å². The van der Waals surface area contributed by atoms with Gasteiger partial charge in [0.15, 0.2) is 15.7 Å². The lowest BCUT2D eigenvalue weighted by atomic mass is 10.1. The molecule has 1 saturated carbocycles. The Bertz CT molecular complexity index is 888. The molecule has 2 fully saturated rings. The van der Waals surface area contributed by atoms with E-state index in [2.05, 4.69) is 24.0 Å². The first-order valence-electron chi connectivity index (χ1n) is 9.75. The van der Waals surface area contributed by atoms with Crippen LogP contribution in [0.3, 0.4) is 0 Å². The van der Waals surface area contributed by atoms with E-state index in [1.165, 1.54) is 6.26 Å². The summed E-state index contributed by atoms with van der Waals surface area (Å²) >= 11 is 0. The van der Waals surface area contributed by atoms with Crippen LogP contribution in [0.25, 0.3) is 5.57 Å². The van der Waals surface area contributed by atoms with Crippen molar-refractivity contribution in [2.45, 2.75) is 49.8 Å². The van der Waals surface area contributed by atoms with Crippen LogP contribution in [0.4, 0.5) is 5.82 Å². The monoisotopic (exact) mass is 389 g/mol. The quantitative estimate of drug-likeness (QED) is 0.771. The summed E-state index contributed by atoms with van der Waals surface area (Å²) in [6.45, 7) is 4.23. The first kappa shape index (κ1) is 18.6. The zero-order valence-corrected chi connectivity index (χ0v) is 16.8. The number of sulfone groups is 1. The molecule has 1 atom stereocenters. The maximum atomic E-state index is 12.5. The number of morpholine rings is 1. The van der Waals surface area contributed by atoms with E-state index in [1.807, 2.05) is 12.1 Å². The van der Waals surface area contributed by atoms with Crippen molar-refractivity contribution >= 4 is 21.2 Å². The van der Waals surface area contributed by atoms with Gasteiger partial charge < -0.3 is 9.64 Å². The molecule has 0 N–H and O–H groups in total. The van der Waals surface area contributed by atoms with Crippen molar-refractivity contribution in [3.05, 3.63) is 35.8 Å². The molecule has 2 heterocycles. The van der Waals surface area contributed by atoms with Gasteiger partial charge in [-0.1, -0.05) is 25.2 Å². The third-order valence-corrected chi connectivity index (χ3v) is 7.88. The van der Waals surface area contributed by atoms with Gasteiger partial charge in [0, 0.05) is 24.4 Å². The Kier molecular flexibility index (Phi) is 4.84. The maximum absolute atomic E-state index is 12.5. The van der Waals surface area contributed by atoms with E-state index in [1.54, 1.807) is 0 Å². The molecule has 4 rings (SSSR count). The van der Waals surface area contributed by atoms with Crippen LogP contribution in [-0.4, -0.2) is 50.4 Å². The maximum Gasteiger partial charge on any atom is 0.161 e. The molecule has 0 unspecified atom stereocenters. The van der Waals surface area contributed by atoms with Gasteiger partial charge in [0.1, 0.15) is 10.6 Å². The molecule has 27 heavy (non-hydrogen) atoms. The molecule has 1 saturated heterocycles. The molecule has 3 aliphatic rings. The molecule has 0 radical (unpaired) electrons. The zero-order valence-electron chi connectivity index (χ0n) is 16.0. The third kappa shape index (κ3) is 3.43. The largest absolute Gasteiger partial charge is 0.377 e. The summed E-state index contributed by atoms with van der Waals surface area (Å²) in [5, 5.41) is 0. The van der Waals surface area contributed by atoms with Crippen LogP contribution in [0, 0.1) is 0 Å².